The van der Waals surface area contributed by atoms with Crippen LogP contribution in [-0.2, 0) is 4.74 Å². The van der Waals surface area contributed by atoms with Crippen molar-refractivity contribution < 1.29 is 9.53 Å². The number of benzene rings is 1. The summed E-state index contributed by atoms with van der Waals surface area (Å²) in [4.78, 5) is 15.1. The molecule has 2 heterocycles. The maximum atomic E-state index is 13.1. The van der Waals surface area contributed by atoms with Crippen molar-refractivity contribution in [2.24, 2.45) is 0 Å². The van der Waals surface area contributed by atoms with Crippen LogP contribution in [0.3, 0.4) is 0 Å². The van der Waals surface area contributed by atoms with Gasteiger partial charge in [-0.05, 0) is 69.4 Å². The van der Waals surface area contributed by atoms with Crippen molar-refractivity contribution in [2.75, 3.05) is 13.2 Å². The molecule has 4 rings (SSSR count). The molecule has 2 aliphatic rings. The van der Waals surface area contributed by atoms with Crippen molar-refractivity contribution in [1.29, 1.82) is 0 Å². The average Bonchev–Trinajstić information content (AvgIpc) is 3.38. The molecule has 1 saturated carbocycles. The van der Waals surface area contributed by atoms with Gasteiger partial charge in [0, 0.05) is 30.4 Å². The highest BCUT2D eigenvalue weighted by Gasteiger charge is 2.37. The Morgan fingerprint density at radius 1 is 1.19 bits per heavy atom. The second kappa shape index (κ2) is 11.0. The Labute approximate surface area is 192 Å². The van der Waals surface area contributed by atoms with Gasteiger partial charge in [-0.25, -0.2) is 4.79 Å². The number of piperidine rings is 1. The molecular formula is C26H38N4O2. The van der Waals surface area contributed by atoms with E-state index < -0.39 is 0 Å². The maximum absolute atomic E-state index is 13.1. The lowest BCUT2D eigenvalue weighted by molar-refractivity contribution is -0.0173. The van der Waals surface area contributed by atoms with Gasteiger partial charge in [0.05, 0.1) is 18.8 Å². The number of ether oxygens (including phenoxy) is 1. The third-order valence-corrected chi connectivity index (χ3v) is 7.39. The minimum Gasteiger partial charge on any atom is -0.376 e. The summed E-state index contributed by atoms with van der Waals surface area (Å²) in [7, 11) is 0. The molecule has 2 N–H and O–H groups in total. The summed E-state index contributed by atoms with van der Waals surface area (Å²) in [5, 5.41) is 10.5. The highest BCUT2D eigenvalue weighted by Crippen LogP contribution is 2.36. The largest absolute Gasteiger partial charge is 0.376 e. The zero-order valence-corrected chi connectivity index (χ0v) is 19.5. The minimum absolute atomic E-state index is 0.0279. The van der Waals surface area contributed by atoms with Crippen molar-refractivity contribution in [1.82, 2.24) is 20.4 Å². The second-order valence-corrected chi connectivity index (χ2v) is 9.50. The maximum Gasteiger partial charge on any atom is 0.317 e. The van der Waals surface area contributed by atoms with E-state index >= 15 is 0 Å². The monoisotopic (exact) mass is 438 g/mol. The summed E-state index contributed by atoms with van der Waals surface area (Å²) < 4.78 is 6.49. The van der Waals surface area contributed by atoms with Crippen molar-refractivity contribution >= 4 is 6.03 Å². The topological polar surface area (TPSA) is 70.2 Å². The van der Waals surface area contributed by atoms with Gasteiger partial charge in [0.25, 0.3) is 0 Å². The van der Waals surface area contributed by atoms with Gasteiger partial charge < -0.3 is 15.0 Å². The van der Waals surface area contributed by atoms with Crippen LogP contribution in [0.25, 0.3) is 0 Å². The SMILES string of the molecule is CC[C@@H](C)NC(=O)N1CCC[C@H](c2ccn[nH]2)[C@@H]1COC1CCC(c2ccccc2)CC1. The van der Waals surface area contributed by atoms with Crippen LogP contribution < -0.4 is 5.32 Å². The summed E-state index contributed by atoms with van der Waals surface area (Å²) in [6.07, 6.45) is 9.55. The predicted octanol–water partition coefficient (Wildman–Crippen LogP) is 5.21. The van der Waals surface area contributed by atoms with E-state index in [0.717, 1.165) is 44.3 Å². The molecule has 6 heteroatoms. The molecule has 174 valence electrons. The number of urea groups is 1. The molecule has 0 unspecified atom stereocenters. The van der Waals surface area contributed by atoms with E-state index in [1.807, 2.05) is 11.0 Å². The van der Waals surface area contributed by atoms with E-state index in [0.29, 0.717) is 12.5 Å². The van der Waals surface area contributed by atoms with E-state index in [1.165, 1.54) is 18.4 Å². The molecule has 0 bridgehead atoms. The van der Waals surface area contributed by atoms with Crippen LogP contribution in [0.2, 0.25) is 0 Å². The number of aromatic amines is 1. The van der Waals surface area contributed by atoms with Crippen LogP contribution in [-0.4, -0.2) is 52.5 Å². The quantitative estimate of drug-likeness (QED) is 0.623. The number of hydrogen-bond donors (Lipinski definition) is 2. The van der Waals surface area contributed by atoms with Crippen LogP contribution in [0, 0.1) is 0 Å². The number of rotatable bonds is 7. The third kappa shape index (κ3) is 5.52. The first-order valence-corrected chi connectivity index (χ1v) is 12.4. The van der Waals surface area contributed by atoms with E-state index in [2.05, 4.69) is 59.7 Å². The highest BCUT2D eigenvalue weighted by atomic mass is 16.5. The second-order valence-electron chi connectivity index (χ2n) is 9.50. The lowest BCUT2D eigenvalue weighted by Gasteiger charge is -2.42. The predicted molar refractivity (Wildman–Crippen MR) is 127 cm³/mol. The minimum atomic E-state index is 0.0279. The van der Waals surface area contributed by atoms with Gasteiger partial charge in [0.1, 0.15) is 0 Å². The lowest BCUT2D eigenvalue weighted by atomic mass is 9.82. The van der Waals surface area contributed by atoms with Crippen molar-refractivity contribution in [3.05, 3.63) is 53.9 Å². The first-order chi connectivity index (χ1) is 15.7. The van der Waals surface area contributed by atoms with Gasteiger partial charge in [0.15, 0.2) is 0 Å². The van der Waals surface area contributed by atoms with E-state index in [4.69, 9.17) is 4.74 Å². The molecule has 0 spiro atoms. The number of amides is 2. The van der Waals surface area contributed by atoms with Gasteiger partial charge in [-0.15, -0.1) is 0 Å². The van der Waals surface area contributed by atoms with Crippen LogP contribution in [0.4, 0.5) is 4.79 Å². The average molecular weight is 439 g/mol. The Morgan fingerprint density at radius 3 is 2.66 bits per heavy atom. The number of H-pyrrole nitrogens is 1. The normalized spacial score (nSPS) is 27.1. The third-order valence-electron chi connectivity index (χ3n) is 7.39. The fourth-order valence-electron chi connectivity index (χ4n) is 5.27. The van der Waals surface area contributed by atoms with Crippen molar-refractivity contribution in [3.63, 3.8) is 0 Å². The first kappa shape index (κ1) is 22.8. The number of nitrogens with one attached hydrogen (secondary N) is 2. The van der Waals surface area contributed by atoms with Crippen LogP contribution in [0.1, 0.15) is 81.9 Å². The van der Waals surface area contributed by atoms with Gasteiger partial charge in [-0.2, -0.15) is 5.10 Å². The Bertz CT molecular complexity index is 818. The number of carbonyl (C=O) groups excluding carboxylic acids is 1. The molecule has 1 aliphatic heterocycles. The molecule has 32 heavy (non-hydrogen) atoms. The summed E-state index contributed by atoms with van der Waals surface area (Å²) in [5.41, 5.74) is 2.55. The molecule has 0 radical (unpaired) electrons. The number of hydrogen-bond acceptors (Lipinski definition) is 3. The fraction of sp³-hybridized carbons (Fsp3) is 0.615. The molecule has 2 amide bonds. The summed E-state index contributed by atoms with van der Waals surface area (Å²) in [6, 6.07) is 13.1. The van der Waals surface area contributed by atoms with E-state index in [1.54, 1.807) is 6.20 Å². The van der Waals surface area contributed by atoms with E-state index in [-0.39, 0.29) is 30.1 Å². The fourth-order valence-corrected chi connectivity index (χ4v) is 5.27. The first-order valence-electron chi connectivity index (χ1n) is 12.4. The van der Waals surface area contributed by atoms with Gasteiger partial charge in [-0.3, -0.25) is 5.10 Å². The Hall–Kier alpha value is -2.34. The van der Waals surface area contributed by atoms with Gasteiger partial charge >= 0.3 is 6.03 Å². The summed E-state index contributed by atoms with van der Waals surface area (Å²) in [5.74, 6) is 0.871. The number of carbonyl (C=O) groups is 1. The molecule has 6 nitrogen and oxygen atoms in total. The number of likely N-dealkylation sites (tertiary alicyclic amines) is 1. The highest BCUT2D eigenvalue weighted by molar-refractivity contribution is 5.75. The van der Waals surface area contributed by atoms with Crippen LogP contribution >= 0.6 is 0 Å². The van der Waals surface area contributed by atoms with Crippen molar-refractivity contribution in [3.8, 4) is 0 Å². The Balaban J connectivity index is 1.39. The van der Waals surface area contributed by atoms with E-state index in [9.17, 15) is 4.79 Å². The van der Waals surface area contributed by atoms with Gasteiger partial charge in [0.2, 0.25) is 0 Å². The number of aromatic nitrogens is 2. The van der Waals surface area contributed by atoms with Crippen molar-refractivity contribution in [2.45, 2.75) is 88.8 Å². The Kier molecular flexibility index (Phi) is 7.85. The summed E-state index contributed by atoms with van der Waals surface area (Å²) in [6.45, 7) is 5.52. The molecular weight excluding hydrogens is 400 g/mol. The van der Waals surface area contributed by atoms with Crippen LogP contribution in [0.15, 0.2) is 42.6 Å². The zero-order chi connectivity index (χ0) is 22.3. The summed E-state index contributed by atoms with van der Waals surface area (Å²) >= 11 is 0. The molecule has 2 fully saturated rings. The Morgan fingerprint density at radius 2 is 1.97 bits per heavy atom. The van der Waals surface area contributed by atoms with Crippen LogP contribution in [0.5, 0.6) is 0 Å². The zero-order valence-electron chi connectivity index (χ0n) is 19.5. The standard InChI is InChI=1S/C26H38N4O2/c1-3-19(2)28-26(31)30-17-7-10-23(24-15-16-27-29-24)25(30)18-32-22-13-11-21(12-14-22)20-8-5-4-6-9-20/h4-6,8-9,15-16,19,21-23,25H,3,7,10-14,17-18H2,1-2H3,(H,27,29)(H,28,31)/t19-,21?,22?,23-,25+/m1/s1. The molecule has 1 aliphatic carbocycles. The molecule has 1 aromatic heterocycles. The molecule has 1 aromatic carbocycles. The number of nitrogens with zero attached hydrogens (tertiary/aromatic N) is 2. The molecule has 2 aromatic rings. The smallest absolute Gasteiger partial charge is 0.317 e. The molecule has 3 atom stereocenters. The lowest BCUT2D eigenvalue weighted by Crippen LogP contribution is -2.55. The van der Waals surface area contributed by atoms with Gasteiger partial charge in [-0.1, -0.05) is 37.3 Å². The molecule has 1 saturated heterocycles.